The molecule has 0 aromatic heterocycles. The van der Waals surface area contributed by atoms with E-state index in [0.29, 0.717) is 6.61 Å². The van der Waals surface area contributed by atoms with Gasteiger partial charge in [0.15, 0.2) is 0 Å². The van der Waals surface area contributed by atoms with Gasteiger partial charge in [0.2, 0.25) is 0 Å². The van der Waals surface area contributed by atoms with Crippen LogP contribution in [0.4, 0.5) is 0 Å². The number of piperidine rings is 1. The highest BCUT2D eigenvalue weighted by Crippen LogP contribution is 2.27. The summed E-state index contributed by atoms with van der Waals surface area (Å²) in [5, 5.41) is 4.26. The van der Waals surface area contributed by atoms with Crippen LogP contribution in [0.1, 0.15) is 25.3 Å². The van der Waals surface area contributed by atoms with Crippen LogP contribution >= 0.6 is 11.6 Å². The van der Waals surface area contributed by atoms with Gasteiger partial charge >= 0.3 is 0 Å². The fourth-order valence-electron chi connectivity index (χ4n) is 2.36. The number of ether oxygens (including phenoxy) is 1. The molecule has 0 bridgehead atoms. The average molecular weight is 254 g/mol. The van der Waals surface area contributed by atoms with Crippen molar-refractivity contribution in [1.82, 2.24) is 5.32 Å². The van der Waals surface area contributed by atoms with Crippen LogP contribution in [0.25, 0.3) is 0 Å². The van der Waals surface area contributed by atoms with Gasteiger partial charge in [0.05, 0.1) is 6.61 Å². The first-order chi connectivity index (χ1) is 8.29. The zero-order chi connectivity index (χ0) is 12.1. The third-order valence-corrected chi connectivity index (χ3v) is 3.66. The van der Waals surface area contributed by atoms with E-state index in [1.807, 2.05) is 19.1 Å². The molecule has 3 heteroatoms. The Kier molecular flexibility index (Phi) is 4.69. The lowest BCUT2D eigenvalue weighted by Gasteiger charge is -2.23. The Balaban J connectivity index is 2.04. The Labute approximate surface area is 108 Å². The molecule has 0 unspecified atom stereocenters. The fourth-order valence-corrected chi connectivity index (χ4v) is 2.56. The molecule has 2 rings (SSSR count). The maximum absolute atomic E-state index is 6.24. The van der Waals surface area contributed by atoms with Crippen molar-refractivity contribution in [3.63, 3.8) is 0 Å². The maximum Gasteiger partial charge on any atom is 0.119 e. The average Bonchev–Trinajstić information content (AvgIpc) is 2.35. The summed E-state index contributed by atoms with van der Waals surface area (Å²) in [7, 11) is 0. The minimum Gasteiger partial charge on any atom is -0.494 e. The second kappa shape index (κ2) is 6.27. The van der Waals surface area contributed by atoms with Crippen molar-refractivity contribution in [1.29, 1.82) is 0 Å². The summed E-state index contributed by atoms with van der Waals surface area (Å²) in [6.45, 7) is 4.97. The minimum absolute atomic E-state index is 0.703. The summed E-state index contributed by atoms with van der Waals surface area (Å²) in [5.41, 5.74) is 1.23. The predicted molar refractivity (Wildman–Crippen MR) is 71.9 cm³/mol. The molecule has 1 aromatic carbocycles. The molecule has 0 aliphatic carbocycles. The summed E-state index contributed by atoms with van der Waals surface area (Å²) in [4.78, 5) is 0. The van der Waals surface area contributed by atoms with Crippen molar-refractivity contribution >= 4 is 11.6 Å². The third kappa shape index (κ3) is 3.62. The number of halogens is 1. The molecular weight excluding hydrogens is 234 g/mol. The van der Waals surface area contributed by atoms with Crippen molar-refractivity contribution in [3.05, 3.63) is 28.8 Å². The van der Waals surface area contributed by atoms with E-state index in [2.05, 4.69) is 11.4 Å². The minimum atomic E-state index is 0.703. The van der Waals surface area contributed by atoms with E-state index in [-0.39, 0.29) is 0 Å². The Morgan fingerprint density at radius 3 is 2.82 bits per heavy atom. The lowest BCUT2D eigenvalue weighted by atomic mass is 9.91. The number of hydrogen-bond donors (Lipinski definition) is 1. The van der Waals surface area contributed by atoms with Gasteiger partial charge in [0.1, 0.15) is 5.75 Å². The number of benzene rings is 1. The topological polar surface area (TPSA) is 21.3 Å². The van der Waals surface area contributed by atoms with Crippen LogP contribution < -0.4 is 10.1 Å². The highest BCUT2D eigenvalue weighted by Gasteiger charge is 2.15. The molecule has 0 amide bonds. The van der Waals surface area contributed by atoms with Crippen LogP contribution in [0.3, 0.4) is 0 Å². The standard InChI is InChI=1S/C14H20ClNO/c1-2-17-13-3-4-14(15)12(10-13)9-11-5-7-16-8-6-11/h3-4,10-11,16H,2,5-9H2,1H3. The highest BCUT2D eigenvalue weighted by molar-refractivity contribution is 6.31. The van der Waals surface area contributed by atoms with E-state index in [0.717, 1.165) is 36.2 Å². The summed E-state index contributed by atoms with van der Waals surface area (Å²) in [6.07, 6.45) is 3.56. The number of hydrogen-bond acceptors (Lipinski definition) is 2. The van der Waals surface area contributed by atoms with Crippen LogP contribution in [-0.4, -0.2) is 19.7 Å². The summed E-state index contributed by atoms with van der Waals surface area (Å²) in [5.74, 6) is 1.69. The zero-order valence-electron chi connectivity index (χ0n) is 10.3. The Morgan fingerprint density at radius 2 is 2.12 bits per heavy atom. The molecule has 0 atom stereocenters. The van der Waals surface area contributed by atoms with Gasteiger partial charge in [0, 0.05) is 5.02 Å². The van der Waals surface area contributed by atoms with E-state index < -0.39 is 0 Å². The molecule has 17 heavy (non-hydrogen) atoms. The van der Waals surface area contributed by atoms with Gasteiger partial charge in [-0.25, -0.2) is 0 Å². The lowest BCUT2D eigenvalue weighted by molar-refractivity contribution is 0.338. The smallest absolute Gasteiger partial charge is 0.119 e. The van der Waals surface area contributed by atoms with E-state index in [4.69, 9.17) is 16.3 Å². The van der Waals surface area contributed by atoms with Crippen molar-refractivity contribution in [2.75, 3.05) is 19.7 Å². The zero-order valence-corrected chi connectivity index (χ0v) is 11.1. The van der Waals surface area contributed by atoms with Crippen molar-refractivity contribution in [2.24, 2.45) is 5.92 Å². The van der Waals surface area contributed by atoms with Crippen LogP contribution in [0.15, 0.2) is 18.2 Å². The number of rotatable bonds is 4. The van der Waals surface area contributed by atoms with Crippen LogP contribution in [0, 0.1) is 5.92 Å². The van der Waals surface area contributed by atoms with Crippen LogP contribution in [-0.2, 0) is 6.42 Å². The summed E-state index contributed by atoms with van der Waals surface area (Å²) < 4.78 is 5.52. The van der Waals surface area contributed by atoms with E-state index >= 15 is 0 Å². The molecule has 1 aromatic rings. The molecular formula is C14H20ClNO. The molecule has 1 aliphatic rings. The molecule has 0 radical (unpaired) electrons. The van der Waals surface area contributed by atoms with Gasteiger partial charge < -0.3 is 10.1 Å². The van der Waals surface area contributed by atoms with E-state index in [9.17, 15) is 0 Å². The van der Waals surface area contributed by atoms with Crippen molar-refractivity contribution < 1.29 is 4.74 Å². The van der Waals surface area contributed by atoms with Gasteiger partial charge in [-0.2, -0.15) is 0 Å². The summed E-state index contributed by atoms with van der Waals surface area (Å²) in [6, 6.07) is 5.98. The largest absolute Gasteiger partial charge is 0.494 e. The first-order valence-corrected chi connectivity index (χ1v) is 6.79. The fraction of sp³-hybridized carbons (Fsp3) is 0.571. The molecule has 1 aliphatic heterocycles. The highest BCUT2D eigenvalue weighted by atomic mass is 35.5. The molecule has 1 fully saturated rings. The van der Waals surface area contributed by atoms with Gasteiger partial charge in [0.25, 0.3) is 0 Å². The predicted octanol–water partition coefficient (Wildman–Crippen LogP) is 3.28. The second-order valence-corrected chi connectivity index (χ2v) is 4.99. The monoisotopic (exact) mass is 253 g/mol. The molecule has 1 saturated heterocycles. The summed E-state index contributed by atoms with van der Waals surface area (Å²) >= 11 is 6.24. The van der Waals surface area contributed by atoms with E-state index in [1.165, 1.54) is 18.4 Å². The molecule has 2 nitrogen and oxygen atoms in total. The molecule has 1 N–H and O–H groups in total. The van der Waals surface area contributed by atoms with Gasteiger partial charge in [-0.05, 0) is 69.0 Å². The van der Waals surface area contributed by atoms with Gasteiger partial charge in [-0.3, -0.25) is 0 Å². The van der Waals surface area contributed by atoms with Crippen molar-refractivity contribution in [2.45, 2.75) is 26.2 Å². The third-order valence-electron chi connectivity index (χ3n) is 3.30. The van der Waals surface area contributed by atoms with Crippen LogP contribution in [0.2, 0.25) is 5.02 Å². The van der Waals surface area contributed by atoms with E-state index in [1.54, 1.807) is 0 Å². The Morgan fingerprint density at radius 1 is 1.35 bits per heavy atom. The Bertz CT molecular complexity index is 361. The quantitative estimate of drug-likeness (QED) is 0.889. The molecule has 0 saturated carbocycles. The lowest BCUT2D eigenvalue weighted by Crippen LogP contribution is -2.28. The normalized spacial score (nSPS) is 17.1. The van der Waals surface area contributed by atoms with Gasteiger partial charge in [-0.15, -0.1) is 0 Å². The maximum atomic E-state index is 6.24. The van der Waals surface area contributed by atoms with Crippen LogP contribution in [0.5, 0.6) is 5.75 Å². The Hall–Kier alpha value is -0.730. The van der Waals surface area contributed by atoms with Crippen molar-refractivity contribution in [3.8, 4) is 5.75 Å². The molecule has 94 valence electrons. The molecule has 0 spiro atoms. The first kappa shape index (κ1) is 12.7. The van der Waals surface area contributed by atoms with Gasteiger partial charge in [-0.1, -0.05) is 11.6 Å². The second-order valence-electron chi connectivity index (χ2n) is 4.58. The first-order valence-electron chi connectivity index (χ1n) is 6.41. The SMILES string of the molecule is CCOc1ccc(Cl)c(CC2CCNCC2)c1. The number of nitrogens with one attached hydrogen (secondary N) is 1. The molecule has 1 heterocycles.